The van der Waals surface area contributed by atoms with E-state index in [-0.39, 0.29) is 5.82 Å². The molecule has 6 N–H and O–H groups in total. The Morgan fingerprint density at radius 2 is 1.96 bits per heavy atom. The SMILES string of the molecule is N[C@H](Cc1ccccc1)C(=O)Nc1ccsc1-c1nc(C(=O)O)c(O)c(=O)[nH]1. The van der Waals surface area contributed by atoms with E-state index in [4.69, 9.17) is 10.8 Å². The molecule has 0 aliphatic heterocycles. The number of aromatic hydroxyl groups is 1. The van der Waals surface area contributed by atoms with Gasteiger partial charge in [-0.05, 0) is 23.4 Å². The first-order chi connectivity index (χ1) is 13.4. The third-order valence-electron chi connectivity index (χ3n) is 3.87. The van der Waals surface area contributed by atoms with Crippen molar-refractivity contribution in [2.45, 2.75) is 12.5 Å². The molecule has 3 aromatic rings. The van der Waals surface area contributed by atoms with Crippen molar-refractivity contribution in [2.75, 3.05) is 5.32 Å². The van der Waals surface area contributed by atoms with Crippen LogP contribution in [0.1, 0.15) is 16.1 Å². The first-order valence-corrected chi connectivity index (χ1v) is 8.99. The molecule has 0 aliphatic rings. The number of nitrogens with one attached hydrogen (secondary N) is 2. The van der Waals surface area contributed by atoms with E-state index < -0.39 is 34.9 Å². The molecule has 0 unspecified atom stereocenters. The molecular weight excluding hydrogens is 384 g/mol. The molecule has 3 rings (SSSR count). The zero-order valence-corrected chi connectivity index (χ0v) is 15.2. The summed E-state index contributed by atoms with van der Waals surface area (Å²) in [6.07, 6.45) is 0.337. The molecule has 2 heterocycles. The van der Waals surface area contributed by atoms with E-state index in [1.165, 1.54) is 0 Å². The standard InChI is InChI=1S/C18H16N4O5S/c19-10(8-9-4-2-1-3-5-9)16(24)20-11-6-7-28-14(11)15-21-12(18(26)27)13(23)17(25)22-15/h1-7,10,23H,8,19H2,(H,20,24)(H,26,27)(H,21,22,25)/t10-/m1/s1. The van der Waals surface area contributed by atoms with Gasteiger partial charge in [0.25, 0.3) is 5.56 Å². The van der Waals surface area contributed by atoms with Gasteiger partial charge in [0.15, 0.2) is 11.5 Å². The molecule has 0 radical (unpaired) electrons. The number of hydrogen-bond donors (Lipinski definition) is 5. The van der Waals surface area contributed by atoms with E-state index in [2.05, 4.69) is 15.3 Å². The first-order valence-electron chi connectivity index (χ1n) is 8.11. The molecule has 9 nitrogen and oxygen atoms in total. The van der Waals surface area contributed by atoms with Crippen LogP contribution in [0.15, 0.2) is 46.6 Å². The van der Waals surface area contributed by atoms with Crippen molar-refractivity contribution in [1.29, 1.82) is 0 Å². The molecule has 1 atom stereocenters. The van der Waals surface area contributed by atoms with Crippen molar-refractivity contribution < 1.29 is 19.8 Å². The summed E-state index contributed by atoms with van der Waals surface area (Å²) in [7, 11) is 0. The van der Waals surface area contributed by atoms with Gasteiger partial charge in [-0.15, -0.1) is 11.3 Å². The number of aromatic carboxylic acids is 1. The first kappa shape index (κ1) is 19.3. The van der Waals surface area contributed by atoms with Gasteiger partial charge < -0.3 is 26.2 Å². The summed E-state index contributed by atoms with van der Waals surface area (Å²) < 4.78 is 0. The Labute approximate surface area is 162 Å². The molecule has 1 amide bonds. The maximum Gasteiger partial charge on any atom is 0.358 e. The van der Waals surface area contributed by atoms with Gasteiger partial charge >= 0.3 is 5.97 Å². The van der Waals surface area contributed by atoms with Gasteiger partial charge in [0.2, 0.25) is 11.7 Å². The number of nitrogens with two attached hydrogens (primary N) is 1. The lowest BCUT2D eigenvalue weighted by atomic mass is 10.1. The number of carbonyl (C=O) groups is 2. The topological polar surface area (TPSA) is 158 Å². The summed E-state index contributed by atoms with van der Waals surface area (Å²) in [5, 5.41) is 22.9. The zero-order chi connectivity index (χ0) is 20.3. The van der Waals surface area contributed by atoms with Gasteiger partial charge in [-0.25, -0.2) is 9.78 Å². The quantitative estimate of drug-likeness (QED) is 0.418. The fourth-order valence-corrected chi connectivity index (χ4v) is 3.30. The minimum absolute atomic E-state index is 0.0814. The molecule has 0 fully saturated rings. The van der Waals surface area contributed by atoms with Crippen LogP contribution < -0.4 is 16.6 Å². The average Bonchev–Trinajstić information content (AvgIpc) is 3.12. The molecule has 0 spiro atoms. The maximum atomic E-state index is 12.4. The molecule has 0 bridgehead atoms. The largest absolute Gasteiger partial charge is 0.501 e. The minimum atomic E-state index is -1.54. The van der Waals surface area contributed by atoms with Crippen molar-refractivity contribution in [3.05, 3.63) is 63.4 Å². The summed E-state index contributed by atoms with van der Waals surface area (Å²) in [6.45, 7) is 0. The molecule has 28 heavy (non-hydrogen) atoms. The van der Waals surface area contributed by atoms with Crippen molar-refractivity contribution in [3.63, 3.8) is 0 Å². The van der Waals surface area contributed by atoms with E-state index in [0.29, 0.717) is 17.0 Å². The highest BCUT2D eigenvalue weighted by Crippen LogP contribution is 2.31. The molecule has 0 aliphatic carbocycles. The Balaban J connectivity index is 1.84. The van der Waals surface area contributed by atoms with Gasteiger partial charge in [-0.3, -0.25) is 9.59 Å². The van der Waals surface area contributed by atoms with Gasteiger partial charge in [-0.1, -0.05) is 30.3 Å². The molecule has 1 aromatic carbocycles. The Bertz CT molecular complexity index is 1080. The fraction of sp³-hybridized carbons (Fsp3) is 0.111. The Morgan fingerprint density at radius 3 is 2.64 bits per heavy atom. The zero-order valence-electron chi connectivity index (χ0n) is 14.4. The predicted octanol–water partition coefficient (Wildman–Crippen LogP) is 1.41. The number of aromatic nitrogens is 2. The number of thiophene rings is 1. The Morgan fingerprint density at radius 1 is 1.25 bits per heavy atom. The summed E-state index contributed by atoms with van der Waals surface area (Å²) >= 11 is 1.13. The van der Waals surface area contributed by atoms with Crippen molar-refractivity contribution >= 4 is 28.9 Å². The van der Waals surface area contributed by atoms with Gasteiger partial charge in [-0.2, -0.15) is 0 Å². The van der Waals surface area contributed by atoms with Crippen molar-refractivity contribution in [1.82, 2.24) is 9.97 Å². The number of nitrogens with zero attached hydrogens (tertiary/aromatic N) is 1. The fourth-order valence-electron chi connectivity index (χ4n) is 2.50. The lowest BCUT2D eigenvalue weighted by Crippen LogP contribution is -2.37. The highest BCUT2D eigenvalue weighted by atomic mass is 32.1. The van der Waals surface area contributed by atoms with Crippen LogP contribution in [-0.2, 0) is 11.2 Å². The summed E-state index contributed by atoms with van der Waals surface area (Å²) in [5.74, 6) is -3.05. The molecule has 144 valence electrons. The molecule has 0 saturated carbocycles. The van der Waals surface area contributed by atoms with Gasteiger partial charge in [0, 0.05) is 0 Å². The third-order valence-corrected chi connectivity index (χ3v) is 4.79. The number of aromatic amines is 1. The number of H-pyrrole nitrogens is 1. The van der Waals surface area contributed by atoms with Gasteiger partial charge in [0.05, 0.1) is 16.6 Å². The molecule has 2 aromatic heterocycles. The Hall–Kier alpha value is -3.50. The van der Waals surface area contributed by atoms with Crippen LogP contribution in [0.3, 0.4) is 0 Å². The smallest absolute Gasteiger partial charge is 0.358 e. The Kier molecular flexibility index (Phi) is 5.52. The number of carboxylic acid groups (broad SMARTS) is 1. The van der Waals surface area contributed by atoms with Crippen molar-refractivity contribution in [2.24, 2.45) is 5.73 Å². The average molecular weight is 400 g/mol. The van der Waals surface area contributed by atoms with Crippen molar-refractivity contribution in [3.8, 4) is 16.5 Å². The van der Waals surface area contributed by atoms with Crippen LogP contribution in [0.5, 0.6) is 5.75 Å². The number of anilines is 1. The summed E-state index contributed by atoms with van der Waals surface area (Å²) in [5.41, 5.74) is 5.44. The van der Waals surface area contributed by atoms with E-state index in [0.717, 1.165) is 16.9 Å². The molecule has 0 saturated heterocycles. The lowest BCUT2D eigenvalue weighted by molar-refractivity contribution is -0.117. The molecular formula is C18H16N4O5S. The van der Waals surface area contributed by atoms with E-state index in [1.54, 1.807) is 11.4 Å². The normalized spacial score (nSPS) is 11.8. The highest BCUT2D eigenvalue weighted by Gasteiger charge is 2.21. The van der Waals surface area contributed by atoms with Crippen LogP contribution in [0.2, 0.25) is 0 Å². The monoisotopic (exact) mass is 400 g/mol. The number of benzene rings is 1. The van der Waals surface area contributed by atoms with Crippen LogP contribution in [0.25, 0.3) is 10.7 Å². The van der Waals surface area contributed by atoms with Gasteiger partial charge in [0.1, 0.15) is 0 Å². The lowest BCUT2D eigenvalue weighted by Gasteiger charge is -2.13. The number of carbonyl (C=O) groups excluding carboxylic acids is 1. The number of hydrogen-bond acceptors (Lipinski definition) is 7. The molecule has 10 heteroatoms. The van der Waals surface area contributed by atoms with Crippen LogP contribution in [0, 0.1) is 0 Å². The predicted molar refractivity (Wildman–Crippen MR) is 104 cm³/mol. The second kappa shape index (κ2) is 8.03. The van der Waals surface area contributed by atoms with Crippen LogP contribution in [0.4, 0.5) is 5.69 Å². The van der Waals surface area contributed by atoms with Crippen LogP contribution >= 0.6 is 11.3 Å². The van der Waals surface area contributed by atoms with Crippen LogP contribution in [-0.4, -0.2) is 38.1 Å². The third kappa shape index (κ3) is 4.08. The highest BCUT2D eigenvalue weighted by molar-refractivity contribution is 7.14. The second-order valence-electron chi connectivity index (χ2n) is 5.87. The van der Waals surface area contributed by atoms with E-state index >= 15 is 0 Å². The van der Waals surface area contributed by atoms with E-state index in [1.807, 2.05) is 30.3 Å². The number of carboxylic acids is 1. The maximum absolute atomic E-state index is 12.4. The second-order valence-corrected chi connectivity index (χ2v) is 6.78. The van der Waals surface area contributed by atoms with E-state index in [9.17, 15) is 19.5 Å². The minimum Gasteiger partial charge on any atom is -0.501 e. The number of rotatable bonds is 6. The summed E-state index contributed by atoms with van der Waals surface area (Å²) in [4.78, 5) is 41.8. The summed E-state index contributed by atoms with van der Waals surface area (Å²) in [6, 6.07) is 10.1. The number of amides is 1.